The summed E-state index contributed by atoms with van der Waals surface area (Å²) < 4.78 is 0. The maximum Gasteiger partial charge on any atom is 0.224 e. The molecule has 2 unspecified atom stereocenters. The van der Waals surface area contributed by atoms with Gasteiger partial charge in [-0.15, -0.1) is 0 Å². The first-order valence-electron chi connectivity index (χ1n) is 6.84. The Morgan fingerprint density at radius 1 is 1.44 bits per heavy atom. The Morgan fingerprint density at radius 3 is 3.11 bits per heavy atom. The summed E-state index contributed by atoms with van der Waals surface area (Å²) in [5.41, 5.74) is 8.44. The zero-order valence-electron chi connectivity index (χ0n) is 10.6. The quantitative estimate of drug-likeness (QED) is 0.843. The molecule has 2 atom stereocenters. The molecule has 3 heteroatoms. The van der Waals surface area contributed by atoms with Crippen LogP contribution in [0.2, 0.25) is 0 Å². The summed E-state index contributed by atoms with van der Waals surface area (Å²) in [5, 5.41) is 2.93. The first kappa shape index (κ1) is 11.7. The van der Waals surface area contributed by atoms with Crippen LogP contribution in [0.4, 0.5) is 0 Å². The molecule has 2 aliphatic rings. The van der Waals surface area contributed by atoms with Gasteiger partial charge in [0, 0.05) is 24.4 Å². The highest BCUT2D eigenvalue weighted by molar-refractivity contribution is 5.84. The molecule has 0 saturated heterocycles. The highest BCUT2D eigenvalue weighted by atomic mass is 16.2. The molecule has 3 nitrogen and oxygen atoms in total. The number of amides is 1. The van der Waals surface area contributed by atoms with E-state index >= 15 is 0 Å². The minimum absolute atomic E-state index is 0.146. The van der Waals surface area contributed by atoms with Gasteiger partial charge >= 0.3 is 0 Å². The van der Waals surface area contributed by atoms with E-state index in [1.165, 1.54) is 17.5 Å². The molecular formula is C15H20N2O. The van der Waals surface area contributed by atoms with Gasteiger partial charge in [0.05, 0.1) is 0 Å². The van der Waals surface area contributed by atoms with Gasteiger partial charge in [-0.2, -0.15) is 0 Å². The average molecular weight is 244 g/mol. The average Bonchev–Trinajstić information content (AvgIpc) is 3.12. The summed E-state index contributed by atoms with van der Waals surface area (Å²) in [5.74, 6) is 0.364. The number of fused-ring (bicyclic) bond motifs is 2. The number of benzene rings is 1. The van der Waals surface area contributed by atoms with Crippen LogP contribution in [0.25, 0.3) is 0 Å². The van der Waals surface area contributed by atoms with Gasteiger partial charge in [-0.05, 0) is 36.8 Å². The van der Waals surface area contributed by atoms with Crippen LogP contribution in [0.1, 0.15) is 30.4 Å². The van der Waals surface area contributed by atoms with E-state index in [-0.39, 0.29) is 17.2 Å². The fraction of sp³-hybridized carbons (Fsp3) is 0.533. The number of carbonyl (C=O) groups excluding carboxylic acids is 1. The van der Waals surface area contributed by atoms with E-state index in [0.29, 0.717) is 13.1 Å². The topological polar surface area (TPSA) is 55.1 Å². The zero-order chi connectivity index (χ0) is 12.6. The predicted octanol–water partition coefficient (Wildman–Crippen LogP) is 1.36. The summed E-state index contributed by atoms with van der Waals surface area (Å²) >= 11 is 0. The maximum absolute atomic E-state index is 12.1. The number of nitrogens with one attached hydrogen (secondary N) is 1. The number of rotatable bonds is 3. The van der Waals surface area contributed by atoms with E-state index in [9.17, 15) is 4.79 Å². The smallest absolute Gasteiger partial charge is 0.224 e. The molecule has 2 aliphatic carbocycles. The molecule has 0 aliphatic heterocycles. The van der Waals surface area contributed by atoms with Crippen molar-refractivity contribution in [3.8, 4) is 0 Å². The maximum atomic E-state index is 12.1. The lowest BCUT2D eigenvalue weighted by Gasteiger charge is -2.26. The summed E-state index contributed by atoms with van der Waals surface area (Å²) in [6.45, 7) is 1.11. The minimum Gasteiger partial charge on any atom is -0.355 e. The second-order valence-electron chi connectivity index (χ2n) is 5.50. The van der Waals surface area contributed by atoms with Crippen LogP contribution < -0.4 is 11.1 Å². The van der Waals surface area contributed by atoms with Crippen molar-refractivity contribution in [1.29, 1.82) is 0 Å². The number of hydrogen-bond donors (Lipinski definition) is 2. The normalized spacial score (nSPS) is 28.8. The molecule has 1 aromatic carbocycles. The van der Waals surface area contributed by atoms with E-state index < -0.39 is 0 Å². The standard InChI is InChI=1S/C15H20N2O/c16-8-9-17-14(18)13-10-15(13)7-3-5-11-4-1-2-6-12(11)15/h1-2,4,6,13H,3,5,7-10,16H2,(H,17,18). The van der Waals surface area contributed by atoms with Crippen molar-refractivity contribution < 1.29 is 4.79 Å². The van der Waals surface area contributed by atoms with Crippen LogP contribution in [-0.4, -0.2) is 19.0 Å². The molecular weight excluding hydrogens is 224 g/mol. The van der Waals surface area contributed by atoms with Gasteiger partial charge < -0.3 is 11.1 Å². The van der Waals surface area contributed by atoms with Crippen molar-refractivity contribution >= 4 is 5.91 Å². The first-order valence-corrected chi connectivity index (χ1v) is 6.84. The molecule has 96 valence electrons. The monoisotopic (exact) mass is 244 g/mol. The Morgan fingerprint density at radius 2 is 2.28 bits per heavy atom. The van der Waals surface area contributed by atoms with E-state index in [4.69, 9.17) is 5.73 Å². The van der Waals surface area contributed by atoms with Gasteiger partial charge in [0.2, 0.25) is 5.91 Å². The Kier molecular flexibility index (Phi) is 2.86. The highest BCUT2D eigenvalue weighted by Gasteiger charge is 2.59. The Balaban J connectivity index is 1.81. The van der Waals surface area contributed by atoms with Crippen LogP contribution in [0, 0.1) is 5.92 Å². The second-order valence-corrected chi connectivity index (χ2v) is 5.50. The second kappa shape index (κ2) is 4.39. The number of nitrogens with two attached hydrogens (primary N) is 1. The molecule has 3 rings (SSSR count). The summed E-state index contributed by atoms with van der Waals surface area (Å²) in [6.07, 6.45) is 4.54. The zero-order valence-corrected chi connectivity index (χ0v) is 10.6. The first-order chi connectivity index (χ1) is 8.78. The number of aryl methyl sites for hydroxylation is 1. The lowest BCUT2D eigenvalue weighted by atomic mass is 9.78. The molecule has 0 bridgehead atoms. The molecule has 3 N–H and O–H groups in total. The Bertz CT molecular complexity index is 471. The van der Waals surface area contributed by atoms with Crippen LogP contribution in [0.15, 0.2) is 24.3 Å². The summed E-state index contributed by atoms with van der Waals surface area (Å²) in [6, 6.07) is 8.62. The van der Waals surface area contributed by atoms with Crippen LogP contribution in [-0.2, 0) is 16.6 Å². The SMILES string of the molecule is NCCNC(=O)C1CC12CCCc1ccccc12. The van der Waals surface area contributed by atoms with Gasteiger partial charge in [-0.1, -0.05) is 24.3 Å². The van der Waals surface area contributed by atoms with Crippen molar-refractivity contribution in [1.82, 2.24) is 5.32 Å². The Labute approximate surface area is 108 Å². The lowest BCUT2D eigenvalue weighted by molar-refractivity contribution is -0.122. The van der Waals surface area contributed by atoms with Gasteiger partial charge in [-0.25, -0.2) is 0 Å². The van der Waals surface area contributed by atoms with E-state index in [1.54, 1.807) is 0 Å². The van der Waals surface area contributed by atoms with Gasteiger partial charge in [-0.3, -0.25) is 4.79 Å². The van der Waals surface area contributed by atoms with E-state index in [2.05, 4.69) is 29.6 Å². The molecule has 18 heavy (non-hydrogen) atoms. The molecule has 1 spiro atoms. The molecule has 0 radical (unpaired) electrons. The molecule has 0 heterocycles. The van der Waals surface area contributed by atoms with Crippen LogP contribution >= 0.6 is 0 Å². The molecule has 0 aromatic heterocycles. The summed E-state index contributed by atoms with van der Waals surface area (Å²) in [7, 11) is 0. The Hall–Kier alpha value is -1.35. The lowest BCUT2D eigenvalue weighted by Crippen LogP contribution is -2.33. The van der Waals surface area contributed by atoms with Crippen LogP contribution in [0.5, 0.6) is 0 Å². The fourth-order valence-corrected chi connectivity index (χ4v) is 3.49. The third kappa shape index (κ3) is 1.74. The number of carbonyl (C=O) groups is 1. The summed E-state index contributed by atoms with van der Waals surface area (Å²) in [4.78, 5) is 12.1. The van der Waals surface area contributed by atoms with Gasteiger partial charge in [0.15, 0.2) is 0 Å². The molecule has 1 saturated carbocycles. The van der Waals surface area contributed by atoms with Crippen molar-refractivity contribution in [3.63, 3.8) is 0 Å². The number of hydrogen-bond acceptors (Lipinski definition) is 2. The molecule has 1 aromatic rings. The third-order valence-corrected chi connectivity index (χ3v) is 4.46. The molecule has 1 amide bonds. The van der Waals surface area contributed by atoms with Gasteiger partial charge in [0.25, 0.3) is 0 Å². The van der Waals surface area contributed by atoms with E-state index in [0.717, 1.165) is 19.3 Å². The third-order valence-electron chi connectivity index (χ3n) is 4.46. The molecule has 1 fully saturated rings. The van der Waals surface area contributed by atoms with Crippen molar-refractivity contribution in [2.45, 2.75) is 31.1 Å². The van der Waals surface area contributed by atoms with Crippen molar-refractivity contribution in [3.05, 3.63) is 35.4 Å². The van der Waals surface area contributed by atoms with Crippen molar-refractivity contribution in [2.75, 3.05) is 13.1 Å². The van der Waals surface area contributed by atoms with E-state index in [1.807, 2.05) is 0 Å². The predicted molar refractivity (Wildman–Crippen MR) is 71.2 cm³/mol. The van der Waals surface area contributed by atoms with Gasteiger partial charge in [0.1, 0.15) is 0 Å². The fourth-order valence-electron chi connectivity index (χ4n) is 3.49. The van der Waals surface area contributed by atoms with Crippen molar-refractivity contribution in [2.24, 2.45) is 11.7 Å². The minimum atomic E-state index is 0.146. The van der Waals surface area contributed by atoms with Crippen LogP contribution in [0.3, 0.4) is 0 Å². The highest BCUT2D eigenvalue weighted by Crippen LogP contribution is 2.60. The largest absolute Gasteiger partial charge is 0.355 e.